The van der Waals surface area contributed by atoms with Crippen LogP contribution in [-0.2, 0) is 28.1 Å². The molecular formula is C21H20BrN3O3. The van der Waals surface area contributed by atoms with Crippen LogP contribution in [0.1, 0.15) is 23.1 Å². The topological polar surface area (TPSA) is 69.7 Å². The summed E-state index contributed by atoms with van der Waals surface area (Å²) in [7, 11) is 1.67. The highest BCUT2D eigenvalue weighted by Gasteiger charge is 2.55. The number of imide groups is 1. The molecular weight excluding hydrogens is 422 g/mol. The number of halogens is 1. The lowest BCUT2D eigenvalue weighted by Gasteiger charge is -2.23. The number of nitrogens with zero attached hydrogens (tertiary/aromatic N) is 2. The normalized spacial score (nSPS) is 20.4. The van der Waals surface area contributed by atoms with Crippen molar-refractivity contribution in [3.05, 3.63) is 69.7 Å². The van der Waals surface area contributed by atoms with E-state index in [1.807, 2.05) is 48.5 Å². The maximum absolute atomic E-state index is 13.1. The van der Waals surface area contributed by atoms with Gasteiger partial charge in [-0.2, -0.15) is 0 Å². The lowest BCUT2D eigenvalue weighted by atomic mass is 9.92. The van der Waals surface area contributed by atoms with Crippen LogP contribution in [0.2, 0.25) is 0 Å². The van der Waals surface area contributed by atoms with Gasteiger partial charge in [-0.15, -0.1) is 0 Å². The fourth-order valence-corrected chi connectivity index (χ4v) is 4.37. The van der Waals surface area contributed by atoms with E-state index in [-0.39, 0.29) is 18.4 Å². The van der Waals surface area contributed by atoms with Crippen molar-refractivity contribution >= 4 is 33.8 Å². The van der Waals surface area contributed by atoms with Gasteiger partial charge in [-0.05, 0) is 35.6 Å². The first kappa shape index (κ1) is 18.7. The van der Waals surface area contributed by atoms with E-state index in [4.69, 9.17) is 0 Å². The molecule has 0 aromatic heterocycles. The molecule has 1 spiro atoms. The lowest BCUT2D eigenvalue weighted by Crippen LogP contribution is -2.44. The van der Waals surface area contributed by atoms with Crippen LogP contribution in [-0.4, -0.2) is 41.2 Å². The van der Waals surface area contributed by atoms with Crippen molar-refractivity contribution in [2.45, 2.75) is 24.9 Å². The molecule has 28 heavy (non-hydrogen) atoms. The van der Waals surface area contributed by atoms with Gasteiger partial charge in [0.2, 0.25) is 5.91 Å². The van der Waals surface area contributed by atoms with E-state index in [2.05, 4.69) is 21.2 Å². The van der Waals surface area contributed by atoms with Crippen LogP contribution in [0.25, 0.3) is 0 Å². The average Bonchev–Trinajstić information content (AvgIpc) is 3.17. The summed E-state index contributed by atoms with van der Waals surface area (Å²) in [5.41, 5.74) is 1.83. The minimum Gasteiger partial charge on any atom is -0.340 e. The predicted molar refractivity (Wildman–Crippen MR) is 107 cm³/mol. The summed E-state index contributed by atoms with van der Waals surface area (Å²) >= 11 is 3.47. The number of benzene rings is 2. The fourth-order valence-electron chi connectivity index (χ4n) is 3.96. The summed E-state index contributed by atoms with van der Waals surface area (Å²) in [6.07, 6.45) is 1.25. The molecule has 0 saturated carbocycles. The van der Waals surface area contributed by atoms with Crippen LogP contribution in [0.3, 0.4) is 0 Å². The van der Waals surface area contributed by atoms with Gasteiger partial charge in [0.1, 0.15) is 12.1 Å². The number of carbonyl (C=O) groups is 3. The second-order valence-corrected chi connectivity index (χ2v) is 8.08. The van der Waals surface area contributed by atoms with Crippen LogP contribution in [0.15, 0.2) is 53.0 Å². The maximum Gasteiger partial charge on any atom is 0.325 e. The SMILES string of the molecule is CN(Cc1ccccc1Br)C(=O)CN1C(=O)NC2(CCc3ccccc32)C1=O. The Hall–Kier alpha value is -2.67. The summed E-state index contributed by atoms with van der Waals surface area (Å²) in [6, 6.07) is 14.8. The van der Waals surface area contributed by atoms with E-state index in [1.165, 1.54) is 4.90 Å². The summed E-state index contributed by atoms with van der Waals surface area (Å²) in [6.45, 7) is 0.118. The molecule has 4 amide bonds. The summed E-state index contributed by atoms with van der Waals surface area (Å²) in [5, 5.41) is 2.85. The smallest absolute Gasteiger partial charge is 0.325 e. The van der Waals surface area contributed by atoms with Crippen molar-refractivity contribution in [3.8, 4) is 0 Å². The molecule has 1 N–H and O–H groups in total. The van der Waals surface area contributed by atoms with Gasteiger partial charge in [-0.1, -0.05) is 58.4 Å². The van der Waals surface area contributed by atoms with Gasteiger partial charge in [0.15, 0.2) is 0 Å². The molecule has 1 heterocycles. The zero-order chi connectivity index (χ0) is 19.9. The van der Waals surface area contributed by atoms with E-state index < -0.39 is 11.6 Å². The monoisotopic (exact) mass is 441 g/mol. The summed E-state index contributed by atoms with van der Waals surface area (Å²) in [5.74, 6) is -0.632. The Balaban J connectivity index is 1.50. The number of hydrogen-bond acceptors (Lipinski definition) is 3. The molecule has 7 heteroatoms. The Kier molecular flexibility index (Phi) is 4.71. The third-order valence-electron chi connectivity index (χ3n) is 5.51. The van der Waals surface area contributed by atoms with E-state index in [0.29, 0.717) is 13.0 Å². The Morgan fingerprint density at radius 2 is 1.89 bits per heavy atom. The first-order valence-electron chi connectivity index (χ1n) is 9.12. The molecule has 0 radical (unpaired) electrons. The Morgan fingerprint density at radius 1 is 1.18 bits per heavy atom. The summed E-state index contributed by atoms with van der Waals surface area (Å²) in [4.78, 5) is 40.9. The van der Waals surface area contributed by atoms with Gasteiger partial charge in [0.25, 0.3) is 5.91 Å². The van der Waals surface area contributed by atoms with Crippen molar-refractivity contribution in [2.24, 2.45) is 0 Å². The third-order valence-corrected chi connectivity index (χ3v) is 6.28. The minimum absolute atomic E-state index is 0.268. The zero-order valence-corrected chi connectivity index (χ0v) is 17.0. The molecule has 144 valence electrons. The van der Waals surface area contributed by atoms with Crippen LogP contribution in [0.4, 0.5) is 4.79 Å². The van der Waals surface area contributed by atoms with Crippen LogP contribution >= 0.6 is 15.9 Å². The molecule has 1 fully saturated rings. The predicted octanol–water partition coefficient (Wildman–Crippen LogP) is 2.80. The van der Waals surface area contributed by atoms with Crippen LogP contribution < -0.4 is 5.32 Å². The highest BCUT2D eigenvalue weighted by atomic mass is 79.9. The highest BCUT2D eigenvalue weighted by molar-refractivity contribution is 9.10. The lowest BCUT2D eigenvalue weighted by molar-refractivity contribution is -0.138. The van der Waals surface area contributed by atoms with Crippen LogP contribution in [0, 0.1) is 0 Å². The Morgan fingerprint density at radius 3 is 2.68 bits per heavy atom. The number of hydrogen-bond donors (Lipinski definition) is 1. The second-order valence-electron chi connectivity index (χ2n) is 7.23. The number of rotatable bonds is 4. The average molecular weight is 442 g/mol. The molecule has 2 aromatic carbocycles. The van der Waals surface area contributed by atoms with Crippen molar-refractivity contribution in [2.75, 3.05) is 13.6 Å². The van der Waals surface area contributed by atoms with E-state index in [0.717, 1.165) is 32.5 Å². The first-order valence-corrected chi connectivity index (χ1v) is 9.91. The van der Waals surface area contributed by atoms with E-state index in [1.54, 1.807) is 7.05 Å². The Bertz CT molecular complexity index is 977. The number of carbonyl (C=O) groups excluding carboxylic acids is 3. The van der Waals surface area contributed by atoms with Gasteiger partial charge in [-0.25, -0.2) is 4.79 Å². The fraction of sp³-hybridized carbons (Fsp3) is 0.286. The Labute approximate surface area is 171 Å². The number of fused-ring (bicyclic) bond motifs is 2. The third kappa shape index (κ3) is 2.99. The van der Waals surface area contributed by atoms with Gasteiger partial charge in [-0.3, -0.25) is 14.5 Å². The van der Waals surface area contributed by atoms with Crippen molar-refractivity contribution < 1.29 is 14.4 Å². The molecule has 1 atom stereocenters. The molecule has 1 aliphatic carbocycles. The van der Waals surface area contributed by atoms with Crippen molar-refractivity contribution in [1.29, 1.82) is 0 Å². The quantitative estimate of drug-likeness (QED) is 0.741. The molecule has 1 aliphatic heterocycles. The molecule has 6 nitrogen and oxygen atoms in total. The number of urea groups is 1. The standard InChI is InChI=1S/C21H20BrN3O3/c1-24(12-15-7-3-5-9-17(15)22)18(26)13-25-19(27)21(23-20(25)28)11-10-14-6-2-4-8-16(14)21/h2-9H,10-13H2,1H3,(H,23,28). The highest BCUT2D eigenvalue weighted by Crippen LogP contribution is 2.41. The molecule has 0 bridgehead atoms. The zero-order valence-electron chi connectivity index (χ0n) is 15.4. The van der Waals surface area contributed by atoms with Gasteiger partial charge >= 0.3 is 6.03 Å². The molecule has 4 rings (SSSR count). The second kappa shape index (κ2) is 7.05. The summed E-state index contributed by atoms with van der Waals surface area (Å²) < 4.78 is 0.908. The van der Waals surface area contributed by atoms with Crippen molar-refractivity contribution in [1.82, 2.24) is 15.1 Å². The largest absolute Gasteiger partial charge is 0.340 e. The number of nitrogens with one attached hydrogen (secondary N) is 1. The molecule has 2 aliphatic rings. The molecule has 1 unspecified atom stereocenters. The van der Waals surface area contributed by atoms with Crippen molar-refractivity contribution in [3.63, 3.8) is 0 Å². The van der Waals surface area contributed by atoms with Gasteiger partial charge in [0.05, 0.1) is 0 Å². The molecule has 1 saturated heterocycles. The van der Waals surface area contributed by atoms with Crippen LogP contribution in [0.5, 0.6) is 0 Å². The van der Waals surface area contributed by atoms with E-state index in [9.17, 15) is 14.4 Å². The van der Waals surface area contributed by atoms with E-state index >= 15 is 0 Å². The minimum atomic E-state index is -1.03. The van der Waals surface area contributed by atoms with Gasteiger partial charge < -0.3 is 10.2 Å². The molecule has 2 aromatic rings. The number of likely N-dealkylation sites (N-methyl/N-ethyl adjacent to an activating group) is 1. The van der Waals surface area contributed by atoms with Gasteiger partial charge in [0, 0.05) is 18.1 Å². The number of amides is 4. The maximum atomic E-state index is 13.1. The number of aryl methyl sites for hydroxylation is 1. The first-order chi connectivity index (χ1) is 13.4.